The summed E-state index contributed by atoms with van der Waals surface area (Å²) >= 11 is 0. The van der Waals surface area contributed by atoms with E-state index in [2.05, 4.69) is 10.3 Å². The molecule has 1 heterocycles. The maximum atomic E-state index is 5.99. The fourth-order valence-corrected chi connectivity index (χ4v) is 2.16. The average Bonchev–Trinajstić information content (AvgIpc) is 2.77. The highest BCUT2D eigenvalue weighted by Crippen LogP contribution is 2.35. The van der Waals surface area contributed by atoms with Gasteiger partial charge in [0.05, 0.1) is 17.6 Å². The third kappa shape index (κ3) is 1.42. The summed E-state index contributed by atoms with van der Waals surface area (Å²) < 4.78 is 1.89. The number of nitrogens with two attached hydrogens (primary N) is 1. The SMILES string of the molecule is NC1CCC1c1cnnn1-c1ccccc1. The normalized spacial score (nSPS) is 24.1. The van der Waals surface area contributed by atoms with Crippen molar-refractivity contribution >= 4 is 0 Å². The molecule has 0 spiro atoms. The Morgan fingerprint density at radius 2 is 2.00 bits per heavy atom. The Morgan fingerprint density at radius 3 is 2.62 bits per heavy atom. The second-order valence-electron chi connectivity index (χ2n) is 4.25. The van der Waals surface area contributed by atoms with Crippen LogP contribution in [0.3, 0.4) is 0 Å². The molecule has 0 amide bonds. The van der Waals surface area contributed by atoms with Crippen LogP contribution in [-0.2, 0) is 0 Å². The molecule has 0 aliphatic heterocycles. The molecule has 0 bridgehead atoms. The first kappa shape index (κ1) is 9.54. The second-order valence-corrected chi connectivity index (χ2v) is 4.25. The van der Waals surface area contributed by atoms with Crippen LogP contribution in [0.2, 0.25) is 0 Å². The van der Waals surface area contributed by atoms with Crippen LogP contribution in [0.4, 0.5) is 0 Å². The minimum Gasteiger partial charge on any atom is -0.327 e. The van der Waals surface area contributed by atoms with Crippen LogP contribution >= 0.6 is 0 Å². The summed E-state index contributed by atoms with van der Waals surface area (Å²) in [5, 5.41) is 8.13. The standard InChI is InChI=1S/C12H14N4/c13-11-7-6-10(11)12-8-14-15-16(12)9-4-2-1-3-5-9/h1-5,8,10-11H,6-7,13H2. The van der Waals surface area contributed by atoms with Crippen molar-refractivity contribution in [3.8, 4) is 5.69 Å². The van der Waals surface area contributed by atoms with Crippen molar-refractivity contribution in [1.29, 1.82) is 0 Å². The van der Waals surface area contributed by atoms with Gasteiger partial charge in [0.2, 0.25) is 0 Å². The number of nitrogens with zero attached hydrogens (tertiary/aromatic N) is 3. The van der Waals surface area contributed by atoms with Gasteiger partial charge in [-0.15, -0.1) is 5.10 Å². The lowest BCUT2D eigenvalue weighted by Crippen LogP contribution is -2.38. The third-order valence-electron chi connectivity index (χ3n) is 3.28. The number of benzene rings is 1. The van der Waals surface area contributed by atoms with Crippen LogP contribution in [0.1, 0.15) is 24.5 Å². The Hall–Kier alpha value is -1.68. The van der Waals surface area contributed by atoms with E-state index in [1.165, 1.54) is 0 Å². The molecule has 16 heavy (non-hydrogen) atoms. The first-order valence-corrected chi connectivity index (χ1v) is 5.58. The average molecular weight is 214 g/mol. The molecule has 1 saturated carbocycles. The van der Waals surface area contributed by atoms with Crippen molar-refractivity contribution in [3.05, 3.63) is 42.2 Å². The molecule has 2 unspecified atom stereocenters. The van der Waals surface area contributed by atoms with Gasteiger partial charge in [-0.1, -0.05) is 23.4 Å². The van der Waals surface area contributed by atoms with Crippen LogP contribution in [0.5, 0.6) is 0 Å². The first-order valence-electron chi connectivity index (χ1n) is 5.58. The molecule has 4 heteroatoms. The maximum absolute atomic E-state index is 5.99. The highest BCUT2D eigenvalue weighted by Gasteiger charge is 2.32. The van der Waals surface area contributed by atoms with Gasteiger partial charge in [-0.05, 0) is 25.0 Å². The van der Waals surface area contributed by atoms with Gasteiger partial charge < -0.3 is 5.73 Å². The Kier molecular flexibility index (Phi) is 2.22. The quantitative estimate of drug-likeness (QED) is 0.823. The smallest absolute Gasteiger partial charge is 0.0733 e. The Bertz CT molecular complexity index is 477. The highest BCUT2D eigenvalue weighted by molar-refractivity contribution is 5.33. The first-order chi connectivity index (χ1) is 7.86. The second kappa shape index (κ2) is 3.72. The van der Waals surface area contributed by atoms with E-state index in [1.807, 2.05) is 41.2 Å². The molecule has 0 radical (unpaired) electrons. The van der Waals surface area contributed by atoms with Crippen LogP contribution < -0.4 is 5.73 Å². The van der Waals surface area contributed by atoms with Gasteiger partial charge in [0.25, 0.3) is 0 Å². The van der Waals surface area contributed by atoms with Crippen molar-refractivity contribution in [2.75, 3.05) is 0 Å². The summed E-state index contributed by atoms with van der Waals surface area (Å²) in [5.41, 5.74) is 8.17. The zero-order valence-corrected chi connectivity index (χ0v) is 8.95. The molecule has 0 saturated heterocycles. The Labute approximate surface area is 94.1 Å². The molecule has 2 aromatic rings. The molecule has 2 N–H and O–H groups in total. The molecule has 1 aliphatic rings. The maximum Gasteiger partial charge on any atom is 0.0733 e. The van der Waals surface area contributed by atoms with E-state index in [0.29, 0.717) is 5.92 Å². The summed E-state index contributed by atoms with van der Waals surface area (Å²) in [6.07, 6.45) is 4.07. The van der Waals surface area contributed by atoms with Crippen molar-refractivity contribution in [1.82, 2.24) is 15.0 Å². The van der Waals surface area contributed by atoms with Gasteiger partial charge in [-0.3, -0.25) is 0 Å². The molecule has 1 aromatic carbocycles. The van der Waals surface area contributed by atoms with Crippen LogP contribution in [0.25, 0.3) is 5.69 Å². The van der Waals surface area contributed by atoms with Crippen LogP contribution in [0, 0.1) is 0 Å². The number of hydrogen-bond acceptors (Lipinski definition) is 3. The van der Waals surface area contributed by atoms with E-state index in [9.17, 15) is 0 Å². The van der Waals surface area contributed by atoms with Gasteiger partial charge in [0.15, 0.2) is 0 Å². The minimum absolute atomic E-state index is 0.265. The summed E-state index contributed by atoms with van der Waals surface area (Å²) in [5.74, 6) is 0.412. The predicted molar refractivity (Wildman–Crippen MR) is 61.3 cm³/mol. The molecule has 2 atom stereocenters. The van der Waals surface area contributed by atoms with Gasteiger partial charge >= 0.3 is 0 Å². The van der Waals surface area contributed by atoms with Crippen LogP contribution in [-0.4, -0.2) is 21.0 Å². The molecular weight excluding hydrogens is 200 g/mol. The Balaban J connectivity index is 2.00. The van der Waals surface area contributed by atoms with E-state index in [-0.39, 0.29) is 6.04 Å². The summed E-state index contributed by atoms with van der Waals surface area (Å²) in [7, 11) is 0. The van der Waals surface area contributed by atoms with E-state index < -0.39 is 0 Å². The molecule has 1 aliphatic carbocycles. The van der Waals surface area contributed by atoms with E-state index in [4.69, 9.17) is 5.73 Å². The molecule has 1 aromatic heterocycles. The lowest BCUT2D eigenvalue weighted by Gasteiger charge is -2.33. The summed E-state index contributed by atoms with van der Waals surface area (Å²) in [4.78, 5) is 0. The van der Waals surface area contributed by atoms with Crippen molar-refractivity contribution in [2.24, 2.45) is 5.73 Å². The molecule has 4 nitrogen and oxygen atoms in total. The lowest BCUT2D eigenvalue weighted by atomic mass is 9.78. The number of rotatable bonds is 2. The van der Waals surface area contributed by atoms with Crippen molar-refractivity contribution in [3.63, 3.8) is 0 Å². The zero-order chi connectivity index (χ0) is 11.0. The van der Waals surface area contributed by atoms with Gasteiger partial charge in [-0.25, -0.2) is 4.68 Å². The lowest BCUT2D eigenvalue weighted by molar-refractivity contribution is 0.335. The number of para-hydroxylation sites is 1. The van der Waals surface area contributed by atoms with Gasteiger partial charge in [-0.2, -0.15) is 0 Å². The van der Waals surface area contributed by atoms with Gasteiger partial charge in [0, 0.05) is 12.0 Å². The largest absolute Gasteiger partial charge is 0.327 e. The number of aromatic nitrogens is 3. The third-order valence-corrected chi connectivity index (χ3v) is 3.28. The predicted octanol–water partition coefficient (Wildman–Crippen LogP) is 1.47. The minimum atomic E-state index is 0.265. The summed E-state index contributed by atoms with van der Waals surface area (Å²) in [6, 6.07) is 10.3. The number of hydrogen-bond donors (Lipinski definition) is 1. The van der Waals surface area contributed by atoms with Crippen molar-refractivity contribution in [2.45, 2.75) is 24.8 Å². The fourth-order valence-electron chi connectivity index (χ4n) is 2.16. The summed E-state index contributed by atoms with van der Waals surface area (Å²) in [6.45, 7) is 0. The Morgan fingerprint density at radius 1 is 1.19 bits per heavy atom. The van der Waals surface area contributed by atoms with E-state index >= 15 is 0 Å². The monoisotopic (exact) mass is 214 g/mol. The molecule has 3 rings (SSSR count). The molecule has 82 valence electrons. The zero-order valence-electron chi connectivity index (χ0n) is 8.95. The molecule has 1 fully saturated rings. The topological polar surface area (TPSA) is 56.7 Å². The van der Waals surface area contributed by atoms with Crippen LogP contribution in [0.15, 0.2) is 36.5 Å². The fraction of sp³-hybridized carbons (Fsp3) is 0.333. The van der Waals surface area contributed by atoms with Gasteiger partial charge in [0.1, 0.15) is 0 Å². The van der Waals surface area contributed by atoms with E-state index in [1.54, 1.807) is 0 Å². The van der Waals surface area contributed by atoms with Crippen molar-refractivity contribution < 1.29 is 0 Å². The van der Waals surface area contributed by atoms with E-state index in [0.717, 1.165) is 24.2 Å². The highest BCUT2D eigenvalue weighted by atomic mass is 15.4. The molecular formula is C12H14N4.